The van der Waals surface area contributed by atoms with Crippen molar-refractivity contribution in [3.63, 3.8) is 0 Å². The van der Waals surface area contributed by atoms with Crippen molar-refractivity contribution in [3.8, 4) is 0 Å². The van der Waals surface area contributed by atoms with Gasteiger partial charge in [-0.15, -0.1) is 0 Å². The maximum absolute atomic E-state index is 2.31. The van der Waals surface area contributed by atoms with Gasteiger partial charge in [0.1, 0.15) is 0 Å². The number of hydrogen-bond acceptors (Lipinski definition) is 0. The van der Waals surface area contributed by atoms with E-state index in [-0.39, 0.29) is 1.43 Å². The Bertz CT molecular complexity index is 269. The molecule has 1 aromatic carbocycles. The van der Waals surface area contributed by atoms with Gasteiger partial charge in [-0.05, 0) is 0 Å². The molecule has 16 heavy (non-hydrogen) atoms. The molecular formula is C15H25Al. The van der Waals surface area contributed by atoms with E-state index in [0.717, 1.165) is 0 Å². The summed E-state index contributed by atoms with van der Waals surface area (Å²) in [4.78, 5) is 0. The quantitative estimate of drug-likeness (QED) is 0.465. The summed E-state index contributed by atoms with van der Waals surface area (Å²) in [5.41, 5.74) is 1.38. The molecule has 1 aromatic rings. The molecule has 0 aromatic heterocycles. The summed E-state index contributed by atoms with van der Waals surface area (Å²) in [6.45, 7) is 4.44. The van der Waals surface area contributed by atoms with Crippen LogP contribution in [0.2, 0.25) is 5.28 Å². The van der Waals surface area contributed by atoms with E-state index in [4.69, 9.17) is 0 Å². The van der Waals surface area contributed by atoms with Crippen molar-refractivity contribution in [2.24, 2.45) is 0 Å². The molecule has 0 spiro atoms. The fraction of sp³-hybridized carbons (Fsp3) is 0.600. The van der Waals surface area contributed by atoms with Crippen LogP contribution in [0, 0.1) is 6.92 Å². The molecule has 0 nitrogen and oxygen atoms in total. The average Bonchev–Trinajstić information content (AvgIpc) is 2.30. The van der Waals surface area contributed by atoms with Crippen molar-refractivity contribution in [3.05, 3.63) is 29.8 Å². The van der Waals surface area contributed by atoms with E-state index in [9.17, 15) is 0 Å². The van der Waals surface area contributed by atoms with Gasteiger partial charge in [-0.3, -0.25) is 0 Å². The molecule has 1 heteroatoms. The van der Waals surface area contributed by atoms with Gasteiger partial charge in [-0.25, -0.2) is 0 Å². The molecule has 0 radical (unpaired) electrons. The Morgan fingerprint density at radius 2 is 1.56 bits per heavy atom. The minimum atomic E-state index is 0. The van der Waals surface area contributed by atoms with Crippen LogP contribution in [0.3, 0.4) is 0 Å². The molecule has 0 aliphatic carbocycles. The minimum Gasteiger partial charge on any atom is -1.00 e. The van der Waals surface area contributed by atoms with Crippen molar-refractivity contribution >= 4 is 19.6 Å². The van der Waals surface area contributed by atoms with Gasteiger partial charge in [0.05, 0.1) is 0 Å². The van der Waals surface area contributed by atoms with E-state index in [1.165, 1.54) is 49.4 Å². The summed E-state index contributed by atoms with van der Waals surface area (Å²) in [6.07, 6.45) is 8.54. The average molecular weight is 232 g/mol. The van der Waals surface area contributed by atoms with Crippen LogP contribution in [0.15, 0.2) is 24.3 Å². The van der Waals surface area contributed by atoms with Gasteiger partial charge < -0.3 is 1.43 Å². The van der Waals surface area contributed by atoms with Crippen molar-refractivity contribution in [1.82, 2.24) is 0 Å². The topological polar surface area (TPSA) is 0 Å². The molecular weight excluding hydrogens is 207 g/mol. The molecule has 0 aliphatic rings. The first-order chi connectivity index (χ1) is 7.83. The Morgan fingerprint density at radius 3 is 2.25 bits per heavy atom. The van der Waals surface area contributed by atoms with E-state index in [0.29, 0.717) is 15.2 Å². The smallest absolute Gasteiger partial charge is 1.00 e. The van der Waals surface area contributed by atoms with E-state index >= 15 is 0 Å². The second-order valence-electron chi connectivity index (χ2n) is 4.67. The minimum absolute atomic E-state index is 0. The van der Waals surface area contributed by atoms with Crippen LogP contribution in [-0.2, 0) is 0 Å². The Hall–Kier alpha value is -0.248. The summed E-state index contributed by atoms with van der Waals surface area (Å²) in [5, 5.41) is 1.44. The van der Waals surface area contributed by atoms with Crippen LogP contribution in [0.5, 0.6) is 0 Å². The third kappa shape index (κ3) is 6.36. The molecule has 0 amide bonds. The molecule has 88 valence electrons. The van der Waals surface area contributed by atoms with Gasteiger partial charge in [0, 0.05) is 0 Å². The zero-order valence-corrected chi connectivity index (χ0v) is 12.0. The third-order valence-electron chi connectivity index (χ3n) is 3.02. The normalized spacial score (nSPS) is 10.1. The van der Waals surface area contributed by atoms with Gasteiger partial charge in [-0.2, -0.15) is 0 Å². The Morgan fingerprint density at radius 1 is 0.938 bits per heavy atom. The van der Waals surface area contributed by atoms with E-state index in [1.807, 2.05) is 0 Å². The molecule has 0 fully saturated rings. The monoisotopic (exact) mass is 232 g/mol. The summed E-state index contributed by atoms with van der Waals surface area (Å²) in [7, 11) is 0. The standard InChI is InChI=1S/C8H17.C7H7.Al.H/c1-3-5-7-8-6-4-2;1-7-5-3-2-4-6-7;;/h1,3-8H2,2H3;3-6H,1H3;;/q;;+1;-1. The van der Waals surface area contributed by atoms with Crippen LogP contribution >= 0.6 is 0 Å². The summed E-state index contributed by atoms with van der Waals surface area (Å²) in [5.74, 6) is 0. The van der Waals surface area contributed by atoms with Gasteiger partial charge in [0.2, 0.25) is 0 Å². The summed E-state index contributed by atoms with van der Waals surface area (Å²) in [6, 6.07) is 9.09. The van der Waals surface area contributed by atoms with E-state index < -0.39 is 0 Å². The Kier molecular flexibility index (Phi) is 7.64. The molecule has 0 N–H and O–H groups in total. The molecule has 0 bridgehead atoms. The molecule has 0 aliphatic heterocycles. The van der Waals surface area contributed by atoms with Crippen LogP contribution in [-0.4, -0.2) is 15.2 Å². The van der Waals surface area contributed by atoms with Crippen LogP contribution in [0.25, 0.3) is 0 Å². The Balaban J connectivity index is 0.00000256. The SMILES string of the molecule is CCCCCCC[CH2][Al+][c]1ccc(C)cc1.[H-]. The van der Waals surface area contributed by atoms with Crippen molar-refractivity contribution < 1.29 is 1.43 Å². The van der Waals surface area contributed by atoms with Crippen molar-refractivity contribution in [2.45, 2.75) is 57.7 Å². The molecule has 1 rings (SSSR count). The Labute approximate surface area is 109 Å². The van der Waals surface area contributed by atoms with Crippen LogP contribution in [0.1, 0.15) is 52.4 Å². The second-order valence-corrected chi connectivity index (χ2v) is 6.32. The zero-order chi connectivity index (χ0) is 11.6. The van der Waals surface area contributed by atoms with Gasteiger partial charge in [0.25, 0.3) is 0 Å². The predicted octanol–water partition coefficient (Wildman–Crippen LogP) is 4.22. The number of unbranched alkanes of at least 4 members (excludes halogenated alkanes) is 5. The first-order valence-electron chi connectivity index (χ1n) is 6.73. The number of aryl methyl sites for hydroxylation is 1. The molecule has 0 heterocycles. The van der Waals surface area contributed by atoms with E-state index in [2.05, 4.69) is 38.1 Å². The second kappa shape index (κ2) is 8.85. The van der Waals surface area contributed by atoms with E-state index in [1.54, 1.807) is 4.43 Å². The first kappa shape index (κ1) is 13.8. The maximum Gasteiger partial charge on any atom is -1.00 e. The largest absolute Gasteiger partial charge is 1.00 e. The van der Waals surface area contributed by atoms with Crippen LogP contribution in [0.4, 0.5) is 0 Å². The summed E-state index contributed by atoms with van der Waals surface area (Å²) < 4.78 is 1.58. The van der Waals surface area contributed by atoms with Crippen molar-refractivity contribution in [1.29, 1.82) is 0 Å². The number of hydrogen-bond donors (Lipinski definition) is 0. The maximum atomic E-state index is 2.31. The summed E-state index contributed by atoms with van der Waals surface area (Å²) >= 11 is 0.523. The molecule has 0 atom stereocenters. The molecule has 0 saturated heterocycles. The number of benzene rings is 1. The molecule has 0 unspecified atom stereocenters. The first-order valence-corrected chi connectivity index (χ1v) is 8.12. The van der Waals surface area contributed by atoms with Gasteiger partial charge >= 0.3 is 107 Å². The fourth-order valence-electron chi connectivity index (χ4n) is 1.90. The zero-order valence-electron chi connectivity index (χ0n) is 11.8. The van der Waals surface area contributed by atoms with Gasteiger partial charge in [-0.1, -0.05) is 0 Å². The fourth-order valence-corrected chi connectivity index (χ4v) is 3.19. The number of rotatable bonds is 8. The predicted molar refractivity (Wildman–Crippen MR) is 75.9 cm³/mol. The van der Waals surface area contributed by atoms with Crippen molar-refractivity contribution in [2.75, 3.05) is 0 Å². The van der Waals surface area contributed by atoms with Gasteiger partial charge in [0.15, 0.2) is 0 Å². The third-order valence-corrected chi connectivity index (χ3v) is 4.57. The van der Waals surface area contributed by atoms with Crippen LogP contribution < -0.4 is 4.43 Å². The molecule has 0 saturated carbocycles.